The van der Waals surface area contributed by atoms with E-state index in [0.717, 1.165) is 12.8 Å². The number of H-pyrrole nitrogens is 1. The number of aliphatic carboxylic acids is 1. The second-order valence-electron chi connectivity index (χ2n) is 5.33. The van der Waals surface area contributed by atoms with Crippen molar-refractivity contribution in [1.82, 2.24) is 4.98 Å². The van der Waals surface area contributed by atoms with Crippen LogP contribution in [0.25, 0.3) is 10.9 Å². The molecule has 3 nitrogen and oxygen atoms in total. The maximum Gasteiger partial charge on any atom is 0.303 e. The summed E-state index contributed by atoms with van der Waals surface area (Å²) in [4.78, 5) is 13.3. The summed E-state index contributed by atoms with van der Waals surface area (Å²) >= 11 is 0. The molecule has 0 unspecified atom stereocenters. The van der Waals surface area contributed by atoms with Gasteiger partial charge >= 0.3 is 5.97 Å². The number of carboxylic acid groups (broad SMARTS) is 1. The van der Waals surface area contributed by atoms with E-state index < -0.39 is 5.97 Å². The quantitative estimate of drug-likeness (QED) is 0.641. The van der Waals surface area contributed by atoms with E-state index in [4.69, 9.17) is 5.11 Å². The summed E-state index contributed by atoms with van der Waals surface area (Å²) in [6.07, 6.45) is 10.6. The first-order valence-corrected chi connectivity index (χ1v) is 7.98. The minimum absolute atomic E-state index is 0.341. The molecule has 0 aliphatic rings. The minimum atomic E-state index is -0.663. The molecule has 0 spiro atoms. The van der Waals surface area contributed by atoms with E-state index in [-0.39, 0.29) is 0 Å². The first-order valence-electron chi connectivity index (χ1n) is 7.98. The average molecular weight is 289 g/mol. The number of fused-ring (bicyclic) bond motifs is 1. The number of hydrogen-bond acceptors (Lipinski definition) is 1. The predicted molar refractivity (Wildman–Crippen MR) is 88.5 cm³/mol. The summed E-state index contributed by atoms with van der Waals surface area (Å²) < 4.78 is 0. The zero-order chi connectivity index (χ0) is 15.3. The first-order chi connectivity index (χ1) is 10.2. The molecule has 0 radical (unpaired) electrons. The number of para-hydroxylation sites is 1. The van der Waals surface area contributed by atoms with Crippen LogP contribution in [0, 0.1) is 0 Å². The molecule has 0 saturated carbocycles. The van der Waals surface area contributed by atoms with Gasteiger partial charge in [0.2, 0.25) is 0 Å². The number of nitrogens with one attached hydrogen (secondary N) is 1. The van der Waals surface area contributed by atoms with Gasteiger partial charge in [-0.1, -0.05) is 63.6 Å². The van der Waals surface area contributed by atoms with Crippen LogP contribution in [0.5, 0.6) is 0 Å². The molecule has 0 fully saturated rings. The molecule has 2 aromatic rings. The molecule has 2 N–H and O–H groups in total. The summed E-state index contributed by atoms with van der Waals surface area (Å²) in [7, 11) is 0. The Morgan fingerprint density at radius 2 is 1.67 bits per heavy atom. The summed E-state index contributed by atoms with van der Waals surface area (Å²) in [6.45, 7) is 2.20. The van der Waals surface area contributed by atoms with Crippen molar-refractivity contribution in [2.24, 2.45) is 0 Å². The van der Waals surface area contributed by atoms with Gasteiger partial charge in [0.25, 0.3) is 0 Å². The Morgan fingerprint density at radius 1 is 1.00 bits per heavy atom. The first kappa shape index (κ1) is 17.3. The molecule has 0 aliphatic heterocycles. The van der Waals surface area contributed by atoms with Crippen LogP contribution in [0.3, 0.4) is 0 Å². The van der Waals surface area contributed by atoms with Crippen LogP contribution in [0.2, 0.25) is 0 Å². The normalized spacial score (nSPS) is 10.1. The van der Waals surface area contributed by atoms with Crippen molar-refractivity contribution in [3.05, 3.63) is 36.5 Å². The predicted octanol–water partition coefficient (Wildman–Crippen LogP) is 5.38. The van der Waals surface area contributed by atoms with Crippen molar-refractivity contribution in [2.45, 2.75) is 58.3 Å². The molecule has 0 saturated heterocycles. The fourth-order valence-corrected chi connectivity index (χ4v) is 2.23. The minimum Gasteiger partial charge on any atom is -0.481 e. The summed E-state index contributed by atoms with van der Waals surface area (Å²) in [5.41, 5.74) is 1.21. The fourth-order valence-electron chi connectivity index (χ4n) is 2.23. The number of hydrogen-bond donors (Lipinski definition) is 2. The fraction of sp³-hybridized carbons (Fsp3) is 0.500. The zero-order valence-electron chi connectivity index (χ0n) is 13.0. The van der Waals surface area contributed by atoms with Crippen LogP contribution in [-0.4, -0.2) is 16.1 Å². The SMILES string of the molecule is CCCCCCCCCC(=O)O.c1ccc2[nH]ccc2c1. The van der Waals surface area contributed by atoms with Gasteiger partial charge < -0.3 is 10.1 Å². The molecular formula is C18H27NO2. The van der Waals surface area contributed by atoms with Crippen molar-refractivity contribution in [2.75, 3.05) is 0 Å². The number of benzene rings is 1. The lowest BCUT2D eigenvalue weighted by Gasteiger charge is -1.98. The van der Waals surface area contributed by atoms with Crippen LogP contribution in [-0.2, 0) is 4.79 Å². The highest BCUT2D eigenvalue weighted by atomic mass is 16.4. The second kappa shape index (κ2) is 11.0. The topological polar surface area (TPSA) is 53.1 Å². The van der Waals surface area contributed by atoms with E-state index in [1.165, 1.54) is 43.0 Å². The second-order valence-corrected chi connectivity index (χ2v) is 5.33. The standard InChI is InChI=1S/C10H20O2.C8H7N/c1-2-3-4-5-6-7-8-9-10(11)12;1-2-4-8-7(3-1)5-6-9-8/h2-9H2,1H3,(H,11,12);1-6,9H. The third kappa shape index (κ3) is 8.18. The molecule has 0 atom stereocenters. The Hall–Kier alpha value is -1.77. The van der Waals surface area contributed by atoms with Gasteiger partial charge in [0.05, 0.1) is 0 Å². The zero-order valence-corrected chi connectivity index (χ0v) is 13.0. The van der Waals surface area contributed by atoms with Gasteiger partial charge in [-0.3, -0.25) is 4.79 Å². The summed E-state index contributed by atoms with van der Waals surface area (Å²) in [6, 6.07) is 10.3. The van der Waals surface area contributed by atoms with E-state index in [1.807, 2.05) is 18.3 Å². The molecule has 0 aliphatic carbocycles. The number of aromatic nitrogens is 1. The van der Waals surface area contributed by atoms with Crippen LogP contribution in [0.15, 0.2) is 36.5 Å². The number of carbonyl (C=O) groups is 1. The Morgan fingerprint density at radius 3 is 2.33 bits per heavy atom. The molecule has 1 aromatic carbocycles. The monoisotopic (exact) mass is 289 g/mol. The van der Waals surface area contributed by atoms with Crippen LogP contribution >= 0.6 is 0 Å². The Kier molecular flexibility index (Phi) is 9.01. The maximum absolute atomic E-state index is 10.1. The highest BCUT2D eigenvalue weighted by molar-refractivity contribution is 5.78. The average Bonchev–Trinajstić information content (AvgIpc) is 2.95. The van der Waals surface area contributed by atoms with Gasteiger partial charge in [0.15, 0.2) is 0 Å². The molecule has 2 rings (SSSR count). The number of rotatable bonds is 8. The van der Waals surface area contributed by atoms with Crippen molar-refractivity contribution in [3.63, 3.8) is 0 Å². The van der Waals surface area contributed by atoms with Crippen LogP contribution in [0.4, 0.5) is 0 Å². The van der Waals surface area contributed by atoms with Crippen molar-refractivity contribution >= 4 is 16.9 Å². The van der Waals surface area contributed by atoms with E-state index in [1.54, 1.807) is 0 Å². The molecule has 1 aromatic heterocycles. The third-order valence-corrected chi connectivity index (χ3v) is 3.46. The van der Waals surface area contributed by atoms with Gasteiger partial charge in [-0.05, 0) is 23.9 Å². The Bertz CT molecular complexity index is 474. The largest absolute Gasteiger partial charge is 0.481 e. The number of unbranched alkanes of at least 4 members (excludes halogenated alkanes) is 6. The van der Waals surface area contributed by atoms with Gasteiger partial charge in [-0.2, -0.15) is 0 Å². The van der Waals surface area contributed by atoms with E-state index >= 15 is 0 Å². The molecule has 0 amide bonds. The Balaban J connectivity index is 0.000000216. The number of carboxylic acids is 1. The maximum atomic E-state index is 10.1. The van der Waals surface area contributed by atoms with Gasteiger partial charge in [-0.15, -0.1) is 0 Å². The molecular weight excluding hydrogens is 262 g/mol. The van der Waals surface area contributed by atoms with Crippen molar-refractivity contribution in [3.8, 4) is 0 Å². The highest BCUT2D eigenvalue weighted by Gasteiger charge is 1.95. The summed E-state index contributed by atoms with van der Waals surface area (Å²) in [5, 5.41) is 9.63. The molecule has 116 valence electrons. The number of aromatic amines is 1. The Labute approximate surface area is 127 Å². The van der Waals surface area contributed by atoms with Gasteiger partial charge in [0, 0.05) is 18.1 Å². The van der Waals surface area contributed by atoms with E-state index in [2.05, 4.69) is 30.1 Å². The lowest BCUT2D eigenvalue weighted by molar-refractivity contribution is -0.137. The van der Waals surface area contributed by atoms with Crippen molar-refractivity contribution in [1.29, 1.82) is 0 Å². The van der Waals surface area contributed by atoms with Gasteiger partial charge in [0.1, 0.15) is 0 Å². The van der Waals surface area contributed by atoms with Crippen LogP contribution < -0.4 is 0 Å². The highest BCUT2D eigenvalue weighted by Crippen LogP contribution is 2.09. The van der Waals surface area contributed by atoms with E-state index in [9.17, 15) is 4.79 Å². The van der Waals surface area contributed by atoms with Crippen LogP contribution in [0.1, 0.15) is 58.3 Å². The van der Waals surface area contributed by atoms with Crippen molar-refractivity contribution < 1.29 is 9.90 Å². The lowest BCUT2D eigenvalue weighted by atomic mass is 10.1. The molecule has 0 bridgehead atoms. The van der Waals surface area contributed by atoms with E-state index in [0.29, 0.717) is 6.42 Å². The van der Waals surface area contributed by atoms with Gasteiger partial charge in [-0.25, -0.2) is 0 Å². The third-order valence-electron chi connectivity index (χ3n) is 3.46. The molecule has 1 heterocycles. The molecule has 3 heteroatoms. The molecule has 21 heavy (non-hydrogen) atoms. The summed E-state index contributed by atoms with van der Waals surface area (Å²) in [5.74, 6) is -0.663. The smallest absolute Gasteiger partial charge is 0.303 e. The lowest BCUT2D eigenvalue weighted by Crippen LogP contribution is -1.93.